The van der Waals surface area contributed by atoms with Crippen molar-refractivity contribution in [2.24, 2.45) is 0 Å². The lowest BCUT2D eigenvalue weighted by atomic mass is 10.2. The van der Waals surface area contributed by atoms with Crippen molar-refractivity contribution < 1.29 is 18.8 Å². The third kappa shape index (κ3) is 6.12. The number of unbranched alkanes of at least 4 members (excludes halogenated alkanes) is 1. The van der Waals surface area contributed by atoms with Crippen LogP contribution in [0.2, 0.25) is 5.04 Å². The molecule has 0 amide bonds. The highest BCUT2D eigenvalue weighted by Gasteiger charge is 2.49. The van der Waals surface area contributed by atoms with Gasteiger partial charge >= 0.3 is 5.97 Å². The number of Topliss-reactive ketones (excluding diaryl/α,β-unsaturated/α-hetero) is 1. The van der Waals surface area contributed by atoms with Gasteiger partial charge in [-0.15, -0.1) is 0 Å². The van der Waals surface area contributed by atoms with Crippen LogP contribution in [0, 0.1) is 0 Å². The lowest BCUT2D eigenvalue weighted by Gasteiger charge is -2.43. The van der Waals surface area contributed by atoms with Crippen LogP contribution >= 0.6 is 0 Å². The van der Waals surface area contributed by atoms with Gasteiger partial charge in [0.2, 0.25) is 0 Å². The molecule has 0 spiro atoms. The number of ketones is 1. The lowest BCUT2D eigenvalue weighted by Crippen LogP contribution is -2.66. The number of carbonyl (C=O) groups excluding carboxylic acids is 2. The maximum Gasteiger partial charge on any atom is 0.303 e. The predicted molar refractivity (Wildman–Crippen MR) is 119 cm³/mol. The van der Waals surface area contributed by atoms with Gasteiger partial charge in [0.25, 0.3) is 8.32 Å². The molecule has 2 aromatic carbocycles. The summed E-state index contributed by atoms with van der Waals surface area (Å²) < 4.78 is 11.6. The van der Waals surface area contributed by atoms with Gasteiger partial charge in [-0.2, -0.15) is 0 Å². The van der Waals surface area contributed by atoms with Crippen LogP contribution in [-0.4, -0.2) is 33.3 Å². The molecule has 5 heteroatoms. The molecule has 2 aromatic rings. The fourth-order valence-electron chi connectivity index (χ4n) is 3.67. The van der Waals surface area contributed by atoms with Crippen molar-refractivity contribution in [3.63, 3.8) is 0 Å². The Hall–Kier alpha value is -2.24. The monoisotopic (exact) mass is 412 g/mol. The van der Waals surface area contributed by atoms with E-state index < -0.39 is 14.3 Å². The molecule has 0 N–H and O–H groups in total. The van der Waals surface area contributed by atoms with E-state index in [1.165, 1.54) is 17.3 Å². The smallest absolute Gasteiger partial charge is 0.303 e. The van der Waals surface area contributed by atoms with Gasteiger partial charge in [0.15, 0.2) is 5.78 Å². The molecule has 0 aromatic heterocycles. The van der Waals surface area contributed by atoms with E-state index in [0.29, 0.717) is 13.0 Å². The molecule has 4 nitrogen and oxygen atoms in total. The van der Waals surface area contributed by atoms with Crippen molar-refractivity contribution in [2.45, 2.75) is 52.0 Å². The molecule has 156 valence electrons. The van der Waals surface area contributed by atoms with Gasteiger partial charge in [-0.1, -0.05) is 81.4 Å². The molecule has 0 saturated carbocycles. The Bertz CT molecular complexity index is 742. The summed E-state index contributed by atoms with van der Waals surface area (Å²) in [5.41, 5.74) is 0. The second-order valence-corrected chi connectivity index (χ2v) is 12.6. The highest BCUT2D eigenvalue weighted by molar-refractivity contribution is 6.99. The Morgan fingerprint density at radius 3 is 1.83 bits per heavy atom. The van der Waals surface area contributed by atoms with Crippen LogP contribution in [0.4, 0.5) is 0 Å². The van der Waals surface area contributed by atoms with Gasteiger partial charge in [-0.05, 0) is 28.3 Å². The Morgan fingerprint density at radius 1 is 0.862 bits per heavy atom. The standard InChI is InChI=1S/C24H32O4Si/c1-20(25)27-19-21(26)13-11-12-18-28-29(24(2,3)4,22-14-7-5-8-15-22)23-16-9-6-10-17-23/h5-10,14-17H,11-13,18-19H2,1-4H3. The molecule has 0 aliphatic rings. The van der Waals surface area contributed by atoms with Gasteiger partial charge in [-0.25, -0.2) is 0 Å². The van der Waals surface area contributed by atoms with E-state index in [1.54, 1.807) is 0 Å². The van der Waals surface area contributed by atoms with E-state index in [4.69, 9.17) is 9.16 Å². The topological polar surface area (TPSA) is 52.6 Å². The molecule has 0 saturated heterocycles. The van der Waals surface area contributed by atoms with E-state index in [9.17, 15) is 9.59 Å². The Morgan fingerprint density at radius 2 is 1.38 bits per heavy atom. The zero-order valence-corrected chi connectivity index (χ0v) is 18.9. The molecule has 0 bridgehead atoms. The van der Waals surface area contributed by atoms with E-state index in [-0.39, 0.29) is 17.4 Å². The van der Waals surface area contributed by atoms with Crippen LogP contribution in [-0.2, 0) is 18.8 Å². The number of hydrogen-bond acceptors (Lipinski definition) is 4. The van der Waals surface area contributed by atoms with Crippen molar-refractivity contribution >= 4 is 30.4 Å². The first-order valence-corrected chi connectivity index (χ1v) is 12.1. The van der Waals surface area contributed by atoms with Crippen molar-refractivity contribution in [1.82, 2.24) is 0 Å². The largest absolute Gasteiger partial charge is 0.458 e. The van der Waals surface area contributed by atoms with Crippen molar-refractivity contribution in [3.8, 4) is 0 Å². The van der Waals surface area contributed by atoms with Gasteiger partial charge in [0.05, 0.1) is 0 Å². The summed E-state index contributed by atoms with van der Waals surface area (Å²) >= 11 is 0. The van der Waals surface area contributed by atoms with E-state index in [1.807, 2.05) is 12.1 Å². The molecule has 0 radical (unpaired) electrons. The minimum atomic E-state index is -2.51. The van der Waals surface area contributed by atoms with Crippen LogP contribution in [0.1, 0.15) is 47.0 Å². The molecule has 0 unspecified atom stereocenters. The Balaban J connectivity index is 2.13. The van der Waals surface area contributed by atoms with Gasteiger partial charge in [0.1, 0.15) is 6.61 Å². The van der Waals surface area contributed by atoms with Crippen LogP contribution in [0.5, 0.6) is 0 Å². The molecule has 0 aliphatic heterocycles. The average molecular weight is 413 g/mol. The van der Waals surface area contributed by atoms with Crippen molar-refractivity contribution in [3.05, 3.63) is 60.7 Å². The van der Waals surface area contributed by atoms with Crippen LogP contribution in [0.25, 0.3) is 0 Å². The average Bonchev–Trinajstić information content (AvgIpc) is 2.69. The molecular weight excluding hydrogens is 380 g/mol. The third-order valence-electron chi connectivity index (χ3n) is 5.02. The van der Waals surface area contributed by atoms with E-state index in [2.05, 4.69) is 69.3 Å². The lowest BCUT2D eigenvalue weighted by molar-refractivity contribution is -0.145. The predicted octanol–water partition coefficient (Wildman–Crippen LogP) is 3.87. The summed E-state index contributed by atoms with van der Waals surface area (Å²) in [6, 6.07) is 21.0. The number of rotatable bonds is 10. The molecule has 29 heavy (non-hydrogen) atoms. The molecule has 0 fully saturated rings. The highest BCUT2D eigenvalue weighted by Crippen LogP contribution is 2.36. The second-order valence-electron chi connectivity index (χ2n) is 8.29. The fourth-order valence-corrected chi connectivity index (χ4v) is 8.27. The van der Waals surface area contributed by atoms with E-state index in [0.717, 1.165) is 12.8 Å². The highest BCUT2D eigenvalue weighted by atomic mass is 28.4. The molecule has 2 rings (SSSR count). The first-order valence-electron chi connectivity index (χ1n) is 10.2. The van der Waals surface area contributed by atoms with E-state index >= 15 is 0 Å². The summed E-state index contributed by atoms with van der Waals surface area (Å²) in [5, 5.41) is 2.45. The summed E-state index contributed by atoms with van der Waals surface area (Å²) in [6.45, 7) is 8.52. The van der Waals surface area contributed by atoms with Crippen LogP contribution in [0.15, 0.2) is 60.7 Å². The van der Waals surface area contributed by atoms with Gasteiger partial charge in [0, 0.05) is 20.0 Å². The number of hydrogen-bond donors (Lipinski definition) is 0. The zero-order chi connectivity index (χ0) is 21.3. The number of esters is 1. The number of ether oxygens (including phenoxy) is 1. The number of carbonyl (C=O) groups is 2. The Labute approximate surface area is 175 Å². The molecule has 0 atom stereocenters. The summed E-state index contributed by atoms with van der Waals surface area (Å²) in [7, 11) is -2.51. The van der Waals surface area contributed by atoms with Crippen LogP contribution < -0.4 is 10.4 Å². The zero-order valence-electron chi connectivity index (χ0n) is 17.9. The first-order chi connectivity index (χ1) is 13.8. The van der Waals surface area contributed by atoms with Crippen molar-refractivity contribution in [2.75, 3.05) is 13.2 Å². The summed E-state index contributed by atoms with van der Waals surface area (Å²) in [5.74, 6) is -0.473. The minimum absolute atomic E-state index is 0.0503. The second kappa shape index (κ2) is 10.5. The molecular formula is C24H32O4Si. The molecule has 0 heterocycles. The SMILES string of the molecule is CC(=O)OCC(=O)CCCCO[Si](c1ccccc1)(c1ccccc1)C(C)(C)C. The maximum atomic E-state index is 11.8. The van der Waals surface area contributed by atoms with Gasteiger partial charge in [-0.3, -0.25) is 9.59 Å². The van der Waals surface area contributed by atoms with Gasteiger partial charge < -0.3 is 9.16 Å². The summed E-state index contributed by atoms with van der Waals surface area (Å²) in [4.78, 5) is 22.6. The Kier molecular flexibility index (Phi) is 8.35. The van der Waals surface area contributed by atoms with Crippen molar-refractivity contribution in [1.29, 1.82) is 0 Å². The number of benzene rings is 2. The minimum Gasteiger partial charge on any atom is -0.458 e. The quantitative estimate of drug-likeness (QED) is 0.338. The molecule has 0 aliphatic carbocycles. The fraction of sp³-hybridized carbons (Fsp3) is 0.417. The first kappa shape index (κ1) is 23.0. The maximum absolute atomic E-state index is 11.8. The third-order valence-corrected chi connectivity index (χ3v) is 10.1. The van der Waals surface area contributed by atoms with Crippen LogP contribution in [0.3, 0.4) is 0 Å². The summed E-state index contributed by atoms with van der Waals surface area (Å²) in [6.07, 6.45) is 1.91. The normalized spacial score (nSPS) is 11.9.